The van der Waals surface area contributed by atoms with E-state index < -0.39 is 11.7 Å². The van der Waals surface area contributed by atoms with Gasteiger partial charge in [0.2, 0.25) is 0 Å². The number of ether oxygens (including phenoxy) is 1. The van der Waals surface area contributed by atoms with Crippen molar-refractivity contribution in [1.82, 2.24) is 9.80 Å². The lowest BCUT2D eigenvalue weighted by Crippen LogP contribution is -2.39. The van der Waals surface area contributed by atoms with E-state index in [1.165, 1.54) is 17.9 Å². The Labute approximate surface area is 174 Å². The van der Waals surface area contributed by atoms with Crippen LogP contribution in [-0.2, 0) is 17.5 Å². The number of carbonyl (C=O) groups is 2. The summed E-state index contributed by atoms with van der Waals surface area (Å²) < 4.78 is 44.4. The Morgan fingerprint density at radius 2 is 1.67 bits per heavy atom. The molecule has 162 valence electrons. The molecule has 0 atom stereocenters. The van der Waals surface area contributed by atoms with Crippen LogP contribution in [-0.4, -0.2) is 55.3 Å². The van der Waals surface area contributed by atoms with Gasteiger partial charge in [-0.25, -0.2) is 0 Å². The maximum absolute atomic E-state index is 13.0. The number of ketones is 1. The van der Waals surface area contributed by atoms with Crippen LogP contribution in [0.4, 0.5) is 13.2 Å². The molecule has 8 heteroatoms. The third-order valence-corrected chi connectivity index (χ3v) is 4.42. The van der Waals surface area contributed by atoms with Crippen molar-refractivity contribution in [2.45, 2.75) is 19.6 Å². The van der Waals surface area contributed by atoms with E-state index >= 15 is 0 Å². The van der Waals surface area contributed by atoms with E-state index in [1.807, 2.05) is 19.0 Å². The average molecular weight is 422 g/mol. The van der Waals surface area contributed by atoms with Gasteiger partial charge in [0.15, 0.2) is 12.4 Å². The number of hydrogen-bond donors (Lipinski definition) is 0. The second kappa shape index (κ2) is 10.2. The zero-order valence-corrected chi connectivity index (χ0v) is 17.2. The van der Waals surface area contributed by atoms with Crippen LogP contribution in [0.25, 0.3) is 0 Å². The normalized spacial score (nSPS) is 11.4. The number of hydrogen-bond acceptors (Lipinski definition) is 4. The highest BCUT2D eigenvalue weighted by atomic mass is 19.4. The first-order valence-electron chi connectivity index (χ1n) is 9.38. The third kappa shape index (κ3) is 7.18. The van der Waals surface area contributed by atoms with Crippen LogP contribution in [0.2, 0.25) is 0 Å². The summed E-state index contributed by atoms with van der Waals surface area (Å²) in [5.41, 5.74) is 0.176. The minimum absolute atomic E-state index is 0.0449. The van der Waals surface area contributed by atoms with Gasteiger partial charge in [-0.1, -0.05) is 12.1 Å². The van der Waals surface area contributed by atoms with Gasteiger partial charge in [-0.3, -0.25) is 9.59 Å². The van der Waals surface area contributed by atoms with Gasteiger partial charge in [0, 0.05) is 25.2 Å². The largest absolute Gasteiger partial charge is 0.484 e. The van der Waals surface area contributed by atoms with E-state index in [1.54, 1.807) is 30.3 Å². The van der Waals surface area contributed by atoms with Crippen LogP contribution in [0.5, 0.6) is 5.75 Å². The molecule has 2 aromatic rings. The van der Waals surface area contributed by atoms with Crippen molar-refractivity contribution in [2.24, 2.45) is 0 Å². The Morgan fingerprint density at radius 3 is 2.23 bits per heavy atom. The Hall–Kier alpha value is -2.87. The molecular weight excluding hydrogens is 397 g/mol. The molecule has 2 aromatic carbocycles. The number of benzene rings is 2. The van der Waals surface area contributed by atoms with E-state index in [0.29, 0.717) is 30.0 Å². The summed E-state index contributed by atoms with van der Waals surface area (Å²) in [7, 11) is 3.69. The third-order valence-electron chi connectivity index (χ3n) is 4.42. The number of amides is 1. The van der Waals surface area contributed by atoms with Gasteiger partial charge in [0.1, 0.15) is 5.75 Å². The molecule has 0 saturated heterocycles. The van der Waals surface area contributed by atoms with Crippen LogP contribution < -0.4 is 4.74 Å². The Bertz CT molecular complexity index is 865. The summed E-state index contributed by atoms with van der Waals surface area (Å²) in [6.07, 6.45) is -4.44. The molecule has 0 aliphatic rings. The molecule has 2 rings (SSSR count). The highest BCUT2D eigenvalue weighted by Gasteiger charge is 2.30. The van der Waals surface area contributed by atoms with Gasteiger partial charge in [0.05, 0.1) is 5.56 Å². The lowest BCUT2D eigenvalue weighted by molar-refractivity contribution is -0.137. The van der Waals surface area contributed by atoms with Crippen LogP contribution in [0.3, 0.4) is 0 Å². The SMILES string of the molecule is CC(=O)c1ccc(OCC(=O)N(CCN(C)C)Cc2cccc(C(F)(F)F)c2)cc1. The van der Waals surface area contributed by atoms with Gasteiger partial charge >= 0.3 is 6.18 Å². The molecule has 0 bridgehead atoms. The fraction of sp³-hybridized carbons (Fsp3) is 0.364. The summed E-state index contributed by atoms with van der Waals surface area (Å²) in [4.78, 5) is 27.4. The average Bonchev–Trinajstić information content (AvgIpc) is 2.69. The van der Waals surface area contributed by atoms with Gasteiger partial charge in [-0.05, 0) is 63.0 Å². The fourth-order valence-electron chi connectivity index (χ4n) is 2.70. The molecule has 0 unspecified atom stereocenters. The summed E-state index contributed by atoms with van der Waals surface area (Å²) >= 11 is 0. The molecule has 0 radical (unpaired) electrons. The molecule has 0 spiro atoms. The molecule has 5 nitrogen and oxygen atoms in total. The monoisotopic (exact) mass is 422 g/mol. The molecule has 0 aromatic heterocycles. The van der Waals surface area contributed by atoms with Crippen molar-refractivity contribution >= 4 is 11.7 Å². The molecule has 0 aliphatic carbocycles. The standard InChI is InChI=1S/C22H25F3N2O3/c1-16(28)18-7-9-20(10-8-18)30-15-21(29)27(12-11-26(2)3)14-17-5-4-6-19(13-17)22(23,24)25/h4-10,13H,11-12,14-15H2,1-3H3. The number of halogens is 3. The van der Waals surface area contributed by atoms with E-state index in [0.717, 1.165) is 12.1 Å². The number of likely N-dealkylation sites (N-methyl/N-ethyl adjacent to an activating group) is 1. The van der Waals surface area contributed by atoms with Crippen LogP contribution in [0.15, 0.2) is 48.5 Å². The highest BCUT2D eigenvalue weighted by Crippen LogP contribution is 2.29. The van der Waals surface area contributed by atoms with E-state index in [4.69, 9.17) is 4.74 Å². The summed E-state index contributed by atoms with van der Waals surface area (Å²) in [5.74, 6) is 0.0125. The summed E-state index contributed by atoms with van der Waals surface area (Å²) in [5, 5.41) is 0. The molecule has 0 fully saturated rings. The maximum atomic E-state index is 13.0. The molecule has 0 N–H and O–H groups in total. The lowest BCUT2D eigenvalue weighted by atomic mass is 10.1. The first-order valence-corrected chi connectivity index (χ1v) is 9.38. The Kier molecular flexibility index (Phi) is 8.00. The van der Waals surface area contributed by atoms with Crippen LogP contribution in [0, 0.1) is 0 Å². The van der Waals surface area contributed by atoms with Crippen molar-refractivity contribution in [2.75, 3.05) is 33.8 Å². The topological polar surface area (TPSA) is 49.9 Å². The van der Waals surface area contributed by atoms with E-state index in [2.05, 4.69) is 0 Å². The molecule has 0 aliphatic heterocycles. The zero-order valence-electron chi connectivity index (χ0n) is 17.2. The predicted octanol–water partition coefficient (Wildman–Crippen LogP) is 3.88. The number of rotatable bonds is 9. The second-order valence-corrected chi connectivity index (χ2v) is 7.19. The zero-order chi connectivity index (χ0) is 22.3. The number of nitrogens with zero attached hydrogens (tertiary/aromatic N) is 2. The fourth-order valence-corrected chi connectivity index (χ4v) is 2.70. The second-order valence-electron chi connectivity index (χ2n) is 7.19. The minimum atomic E-state index is -4.44. The van der Waals surface area contributed by atoms with Crippen LogP contribution >= 0.6 is 0 Å². The molecule has 0 heterocycles. The number of Topliss-reactive ketones (excluding diaryl/α,β-unsaturated/α-hetero) is 1. The van der Waals surface area contributed by atoms with Gasteiger partial charge in [-0.15, -0.1) is 0 Å². The van der Waals surface area contributed by atoms with Gasteiger partial charge < -0.3 is 14.5 Å². The highest BCUT2D eigenvalue weighted by molar-refractivity contribution is 5.94. The van der Waals surface area contributed by atoms with Gasteiger partial charge in [-0.2, -0.15) is 13.2 Å². The minimum Gasteiger partial charge on any atom is -0.484 e. The van der Waals surface area contributed by atoms with Gasteiger partial charge in [0.25, 0.3) is 5.91 Å². The molecule has 30 heavy (non-hydrogen) atoms. The Balaban J connectivity index is 2.07. The van der Waals surface area contributed by atoms with Crippen molar-refractivity contribution in [3.63, 3.8) is 0 Å². The Morgan fingerprint density at radius 1 is 1.00 bits per heavy atom. The molecular formula is C22H25F3N2O3. The quantitative estimate of drug-likeness (QED) is 0.576. The van der Waals surface area contributed by atoms with Crippen molar-refractivity contribution < 1.29 is 27.5 Å². The summed E-state index contributed by atoms with van der Waals surface area (Å²) in [6.45, 7) is 2.14. The van der Waals surface area contributed by atoms with E-state index in [-0.39, 0.29) is 24.8 Å². The van der Waals surface area contributed by atoms with Crippen LogP contribution in [0.1, 0.15) is 28.4 Å². The smallest absolute Gasteiger partial charge is 0.416 e. The molecule has 0 saturated carbocycles. The lowest BCUT2D eigenvalue weighted by Gasteiger charge is -2.25. The van der Waals surface area contributed by atoms with Crippen molar-refractivity contribution in [3.8, 4) is 5.75 Å². The first kappa shape index (κ1) is 23.4. The first-order chi connectivity index (χ1) is 14.1. The van der Waals surface area contributed by atoms with Crippen molar-refractivity contribution in [3.05, 3.63) is 65.2 Å². The number of alkyl halides is 3. The van der Waals surface area contributed by atoms with E-state index in [9.17, 15) is 22.8 Å². The molecule has 1 amide bonds. The summed E-state index contributed by atoms with van der Waals surface area (Å²) in [6, 6.07) is 11.4. The number of carbonyl (C=O) groups excluding carboxylic acids is 2. The maximum Gasteiger partial charge on any atom is 0.416 e. The predicted molar refractivity (Wildman–Crippen MR) is 107 cm³/mol. The van der Waals surface area contributed by atoms with Crippen molar-refractivity contribution in [1.29, 1.82) is 0 Å².